The first-order valence-electron chi connectivity index (χ1n) is 29.4. The van der Waals surface area contributed by atoms with E-state index in [9.17, 15) is 19.4 Å². The maximum absolute atomic E-state index is 13.0. The lowest BCUT2D eigenvalue weighted by Crippen LogP contribution is -2.46. The Labute approximate surface area is 412 Å². The summed E-state index contributed by atoms with van der Waals surface area (Å²) in [5.74, 6) is -0.137. The Morgan fingerprint density at radius 2 is 0.727 bits per heavy atom. The van der Waals surface area contributed by atoms with Crippen LogP contribution in [0.1, 0.15) is 309 Å². The van der Waals surface area contributed by atoms with E-state index in [4.69, 9.17) is 9.05 Å². The molecule has 3 N–H and O–H groups in total. The van der Waals surface area contributed by atoms with Crippen LogP contribution in [0.25, 0.3) is 0 Å². The summed E-state index contributed by atoms with van der Waals surface area (Å²) in [6.45, 7) is 4.95. The molecule has 9 heteroatoms. The molecule has 0 aromatic heterocycles. The molecule has 396 valence electrons. The number of nitrogens with zero attached hydrogens (tertiary/aromatic N) is 1. The smallest absolute Gasteiger partial charge is 0.391 e. The number of hydrogen-bond donors (Lipinski definition) is 3. The zero-order chi connectivity index (χ0) is 48.5. The second-order valence-electron chi connectivity index (χ2n) is 21.7. The van der Waals surface area contributed by atoms with E-state index in [0.717, 1.165) is 38.5 Å². The number of phosphoric ester groups is 1. The monoisotopic (exact) mass is 958 g/mol. The fourth-order valence-electron chi connectivity index (χ4n) is 9.23. The molecule has 3 unspecified atom stereocenters. The topological polar surface area (TPSA) is 105 Å². The van der Waals surface area contributed by atoms with E-state index in [2.05, 4.69) is 19.2 Å². The largest absolute Gasteiger partial charge is 0.472 e. The van der Waals surface area contributed by atoms with Gasteiger partial charge in [-0.3, -0.25) is 13.8 Å². The van der Waals surface area contributed by atoms with Crippen LogP contribution in [0.15, 0.2) is 0 Å². The van der Waals surface area contributed by atoms with Crippen molar-refractivity contribution in [1.29, 1.82) is 0 Å². The van der Waals surface area contributed by atoms with Crippen molar-refractivity contribution in [2.45, 2.75) is 321 Å². The molecule has 0 saturated heterocycles. The van der Waals surface area contributed by atoms with Crippen LogP contribution in [-0.2, 0) is 18.4 Å². The quantitative estimate of drug-likeness (QED) is 0.0319. The fraction of sp³-hybridized carbons (Fsp3) is 0.982. The van der Waals surface area contributed by atoms with Gasteiger partial charge < -0.3 is 19.8 Å². The van der Waals surface area contributed by atoms with Gasteiger partial charge in [-0.1, -0.05) is 290 Å². The third kappa shape index (κ3) is 51.4. The van der Waals surface area contributed by atoms with Crippen LogP contribution < -0.4 is 5.32 Å². The number of quaternary nitrogens is 1. The van der Waals surface area contributed by atoms with Crippen molar-refractivity contribution in [1.82, 2.24) is 5.32 Å². The predicted octanol–water partition coefficient (Wildman–Crippen LogP) is 17.7. The zero-order valence-electron chi connectivity index (χ0n) is 45.2. The van der Waals surface area contributed by atoms with E-state index in [0.29, 0.717) is 23.9 Å². The number of nitrogens with one attached hydrogen (secondary N) is 1. The molecular weight excluding hydrogens is 840 g/mol. The fourth-order valence-corrected chi connectivity index (χ4v) is 9.96. The van der Waals surface area contributed by atoms with E-state index in [1.54, 1.807) is 0 Å². The van der Waals surface area contributed by atoms with Crippen molar-refractivity contribution in [3.8, 4) is 0 Å². The van der Waals surface area contributed by atoms with Gasteiger partial charge in [0.25, 0.3) is 0 Å². The van der Waals surface area contributed by atoms with E-state index in [1.807, 2.05) is 21.1 Å². The van der Waals surface area contributed by atoms with Crippen LogP contribution in [0.5, 0.6) is 0 Å². The Hall–Kier alpha value is -0.500. The van der Waals surface area contributed by atoms with Crippen LogP contribution in [0.4, 0.5) is 0 Å². The predicted molar refractivity (Wildman–Crippen MR) is 286 cm³/mol. The van der Waals surface area contributed by atoms with Gasteiger partial charge in [0.05, 0.1) is 39.9 Å². The summed E-state index contributed by atoms with van der Waals surface area (Å²) in [5.41, 5.74) is 0. The third-order valence-electron chi connectivity index (χ3n) is 13.9. The molecule has 8 nitrogen and oxygen atoms in total. The minimum atomic E-state index is -4.32. The lowest BCUT2D eigenvalue weighted by atomic mass is 10.0. The lowest BCUT2D eigenvalue weighted by Gasteiger charge is -2.26. The lowest BCUT2D eigenvalue weighted by molar-refractivity contribution is -0.870. The van der Waals surface area contributed by atoms with Crippen LogP contribution in [0, 0.1) is 0 Å². The maximum Gasteiger partial charge on any atom is 0.472 e. The van der Waals surface area contributed by atoms with Crippen LogP contribution in [0.2, 0.25) is 0 Å². The number of hydrogen-bond acceptors (Lipinski definition) is 5. The Morgan fingerprint density at radius 3 is 1.02 bits per heavy atom. The highest BCUT2D eigenvalue weighted by Gasteiger charge is 2.28. The molecule has 0 aromatic rings. The highest BCUT2D eigenvalue weighted by molar-refractivity contribution is 7.47. The second-order valence-corrected chi connectivity index (χ2v) is 23.2. The molecule has 0 aliphatic heterocycles. The molecule has 0 aliphatic carbocycles. The van der Waals surface area contributed by atoms with Gasteiger partial charge in [0.1, 0.15) is 13.2 Å². The summed E-state index contributed by atoms with van der Waals surface area (Å²) in [4.78, 5) is 23.3. The first-order valence-corrected chi connectivity index (χ1v) is 30.9. The van der Waals surface area contributed by atoms with Gasteiger partial charge in [-0.15, -0.1) is 0 Å². The minimum Gasteiger partial charge on any atom is -0.391 e. The van der Waals surface area contributed by atoms with Crippen LogP contribution in [-0.4, -0.2) is 73.4 Å². The summed E-state index contributed by atoms with van der Waals surface area (Å²) < 4.78 is 23.8. The molecule has 0 spiro atoms. The number of carbonyl (C=O) groups excluding carboxylic acids is 1. The number of aliphatic hydroxyl groups excluding tert-OH is 1. The van der Waals surface area contributed by atoms with E-state index >= 15 is 0 Å². The van der Waals surface area contributed by atoms with Gasteiger partial charge in [0.15, 0.2) is 0 Å². The van der Waals surface area contributed by atoms with Crippen molar-refractivity contribution in [2.75, 3.05) is 40.9 Å². The molecular formula is C57H118N2O6P+. The number of aliphatic hydroxyl groups is 1. The molecule has 0 radical (unpaired) electrons. The van der Waals surface area contributed by atoms with E-state index < -0.39 is 20.0 Å². The second kappa shape index (κ2) is 49.5. The van der Waals surface area contributed by atoms with Crippen molar-refractivity contribution in [3.63, 3.8) is 0 Å². The number of rotatable bonds is 55. The molecule has 66 heavy (non-hydrogen) atoms. The molecule has 1 amide bonds. The van der Waals surface area contributed by atoms with E-state index in [-0.39, 0.29) is 19.1 Å². The minimum absolute atomic E-state index is 0.0791. The van der Waals surface area contributed by atoms with Crippen molar-refractivity contribution >= 4 is 13.7 Å². The summed E-state index contributed by atoms with van der Waals surface area (Å²) in [6, 6.07) is -0.755. The normalized spacial score (nSPS) is 13.9. The van der Waals surface area contributed by atoms with Gasteiger partial charge in [-0.25, -0.2) is 4.57 Å². The molecule has 0 rings (SSSR count). The SMILES string of the molecule is CCCCCCCCCCCCCCCCCCCCCCCCCCCCCC(O)C(COP(=O)(O)OCC[N+](C)(C)C)NC(=O)CCCCCCCCCCCCCCCCCCC. The summed E-state index contributed by atoms with van der Waals surface area (Å²) in [7, 11) is 1.64. The number of amides is 1. The average Bonchev–Trinajstić information content (AvgIpc) is 3.28. The summed E-state index contributed by atoms with van der Waals surface area (Å²) in [6.07, 6.45) is 58.8. The standard InChI is InChI=1S/C57H117N2O6P/c1-6-8-10-12-14-16-18-20-22-24-25-26-27-28-29-30-31-32-33-35-36-38-40-42-44-46-48-50-56(60)55(54-65-66(62,63)64-53-52-59(3,4)5)58-57(61)51-49-47-45-43-41-39-37-34-23-21-19-17-15-13-11-9-7-2/h55-56,60H,6-54H2,1-5H3,(H-,58,61,62,63)/p+1. The molecule has 0 aliphatic rings. The Kier molecular flexibility index (Phi) is 49.1. The Bertz CT molecular complexity index is 1040. The van der Waals surface area contributed by atoms with E-state index in [1.165, 1.54) is 244 Å². The van der Waals surface area contributed by atoms with Crippen LogP contribution in [0.3, 0.4) is 0 Å². The molecule has 0 saturated carbocycles. The first-order chi connectivity index (χ1) is 32.0. The van der Waals surface area contributed by atoms with Gasteiger partial charge in [0, 0.05) is 6.42 Å². The molecule has 0 heterocycles. The third-order valence-corrected chi connectivity index (χ3v) is 14.8. The highest BCUT2D eigenvalue weighted by Crippen LogP contribution is 2.43. The van der Waals surface area contributed by atoms with Crippen molar-refractivity contribution < 1.29 is 32.9 Å². The number of unbranched alkanes of at least 4 members (excludes halogenated alkanes) is 42. The summed E-state index contributed by atoms with van der Waals surface area (Å²) >= 11 is 0. The Morgan fingerprint density at radius 1 is 0.455 bits per heavy atom. The maximum atomic E-state index is 13.0. The molecule has 0 bridgehead atoms. The Balaban J connectivity index is 4.08. The van der Waals surface area contributed by atoms with Crippen molar-refractivity contribution in [2.24, 2.45) is 0 Å². The van der Waals surface area contributed by atoms with Gasteiger partial charge >= 0.3 is 7.82 Å². The highest BCUT2D eigenvalue weighted by atomic mass is 31.2. The number of phosphoric acid groups is 1. The first kappa shape index (κ1) is 65.5. The molecule has 0 aromatic carbocycles. The molecule has 3 atom stereocenters. The number of carbonyl (C=O) groups is 1. The molecule has 0 fully saturated rings. The number of likely N-dealkylation sites (N-methyl/N-ethyl adjacent to an activating group) is 1. The van der Waals surface area contributed by atoms with Crippen molar-refractivity contribution in [3.05, 3.63) is 0 Å². The summed E-state index contributed by atoms with van der Waals surface area (Å²) in [5, 5.41) is 14.1. The zero-order valence-corrected chi connectivity index (χ0v) is 46.1. The van der Waals surface area contributed by atoms with Gasteiger partial charge in [-0.2, -0.15) is 0 Å². The van der Waals surface area contributed by atoms with Gasteiger partial charge in [-0.05, 0) is 12.8 Å². The van der Waals surface area contributed by atoms with Gasteiger partial charge in [0.2, 0.25) is 5.91 Å². The van der Waals surface area contributed by atoms with Crippen LogP contribution >= 0.6 is 7.82 Å². The average molecular weight is 959 g/mol.